The van der Waals surface area contributed by atoms with Crippen LogP contribution in [0.5, 0.6) is 0 Å². The van der Waals surface area contributed by atoms with E-state index in [0.29, 0.717) is 6.10 Å². The molecule has 1 atom stereocenters. The first-order valence-corrected chi connectivity index (χ1v) is 9.73. The second-order valence-corrected chi connectivity index (χ2v) is 6.79. The number of ether oxygens (including phenoxy) is 1. The van der Waals surface area contributed by atoms with Gasteiger partial charge in [0.05, 0.1) is 6.10 Å². The smallest absolute Gasteiger partial charge is 0.0575 e. The topological polar surface area (TPSA) is 9.23 Å². The molecule has 1 unspecified atom stereocenters. The van der Waals surface area contributed by atoms with Crippen LogP contribution in [0.2, 0.25) is 0 Å². The largest absolute Gasteiger partial charge is 0.378 e. The summed E-state index contributed by atoms with van der Waals surface area (Å²) >= 11 is 3.49. The Morgan fingerprint density at radius 2 is 1.32 bits per heavy atom. The first-order chi connectivity index (χ1) is 9.43. The maximum Gasteiger partial charge on any atom is 0.0575 e. The molecule has 2 heteroatoms. The third kappa shape index (κ3) is 10.8. The minimum Gasteiger partial charge on any atom is -0.378 e. The van der Waals surface area contributed by atoms with Crippen LogP contribution >= 0.6 is 15.9 Å². The fourth-order valence-electron chi connectivity index (χ4n) is 2.92. The van der Waals surface area contributed by atoms with Gasteiger partial charge in [-0.25, -0.2) is 0 Å². The highest BCUT2D eigenvalue weighted by Gasteiger charge is 2.12. The standard InChI is InChI=1S/C17H33BrO/c18-15-11-8-6-4-2-1-3-5-7-9-13-17-14-10-12-16-19-17/h17H,1-16H2. The van der Waals surface area contributed by atoms with Crippen LogP contribution in [0.25, 0.3) is 0 Å². The molecule has 0 amide bonds. The Balaban J connectivity index is 1.71. The summed E-state index contributed by atoms with van der Waals surface area (Å²) in [5.41, 5.74) is 0. The molecule has 1 aliphatic rings. The van der Waals surface area contributed by atoms with Crippen LogP contribution in [-0.2, 0) is 4.74 Å². The molecule has 0 radical (unpaired) electrons. The number of hydrogen-bond donors (Lipinski definition) is 0. The van der Waals surface area contributed by atoms with E-state index in [1.54, 1.807) is 0 Å². The van der Waals surface area contributed by atoms with Crippen LogP contribution in [0.4, 0.5) is 0 Å². The van der Waals surface area contributed by atoms with Gasteiger partial charge in [0.25, 0.3) is 0 Å². The van der Waals surface area contributed by atoms with Gasteiger partial charge in [-0.15, -0.1) is 0 Å². The Bertz CT molecular complexity index is 178. The van der Waals surface area contributed by atoms with Gasteiger partial charge in [-0.05, 0) is 32.1 Å². The van der Waals surface area contributed by atoms with E-state index < -0.39 is 0 Å². The lowest BCUT2D eigenvalue weighted by molar-refractivity contribution is 0.00977. The van der Waals surface area contributed by atoms with Gasteiger partial charge in [0.2, 0.25) is 0 Å². The van der Waals surface area contributed by atoms with Crippen molar-refractivity contribution in [2.24, 2.45) is 0 Å². The molecule has 0 spiro atoms. The van der Waals surface area contributed by atoms with Crippen molar-refractivity contribution in [2.45, 2.75) is 96.0 Å². The Morgan fingerprint density at radius 1 is 0.737 bits per heavy atom. The van der Waals surface area contributed by atoms with Crippen molar-refractivity contribution in [3.8, 4) is 0 Å². The van der Waals surface area contributed by atoms with Crippen molar-refractivity contribution in [1.29, 1.82) is 0 Å². The summed E-state index contributed by atoms with van der Waals surface area (Å²) in [4.78, 5) is 0. The first-order valence-electron chi connectivity index (χ1n) is 8.61. The van der Waals surface area contributed by atoms with E-state index in [2.05, 4.69) is 15.9 Å². The van der Waals surface area contributed by atoms with Gasteiger partial charge >= 0.3 is 0 Å². The fourth-order valence-corrected chi connectivity index (χ4v) is 3.31. The van der Waals surface area contributed by atoms with Crippen LogP contribution < -0.4 is 0 Å². The van der Waals surface area contributed by atoms with Crippen LogP contribution in [0.3, 0.4) is 0 Å². The van der Waals surface area contributed by atoms with Crippen molar-refractivity contribution in [2.75, 3.05) is 11.9 Å². The second-order valence-electron chi connectivity index (χ2n) is 6.00. The quantitative estimate of drug-likeness (QED) is 0.303. The molecular weight excluding hydrogens is 300 g/mol. The summed E-state index contributed by atoms with van der Waals surface area (Å²) in [6.45, 7) is 1.01. The summed E-state index contributed by atoms with van der Waals surface area (Å²) < 4.78 is 5.77. The molecule has 0 aliphatic carbocycles. The van der Waals surface area contributed by atoms with Crippen molar-refractivity contribution in [3.05, 3.63) is 0 Å². The summed E-state index contributed by atoms with van der Waals surface area (Å²) in [5, 5.41) is 1.18. The summed E-state index contributed by atoms with van der Waals surface area (Å²) in [7, 11) is 0. The van der Waals surface area contributed by atoms with E-state index in [1.807, 2.05) is 0 Å². The monoisotopic (exact) mass is 332 g/mol. The molecule has 1 nitrogen and oxygen atoms in total. The van der Waals surface area contributed by atoms with E-state index in [4.69, 9.17) is 4.74 Å². The summed E-state index contributed by atoms with van der Waals surface area (Å²) in [6.07, 6.45) is 20.1. The number of hydrogen-bond acceptors (Lipinski definition) is 1. The van der Waals surface area contributed by atoms with Crippen LogP contribution in [0, 0.1) is 0 Å². The maximum atomic E-state index is 5.77. The van der Waals surface area contributed by atoms with Gasteiger partial charge < -0.3 is 4.74 Å². The molecular formula is C17H33BrO. The Kier molecular flexibility index (Phi) is 12.4. The maximum absolute atomic E-state index is 5.77. The lowest BCUT2D eigenvalue weighted by Gasteiger charge is -2.22. The van der Waals surface area contributed by atoms with E-state index in [1.165, 1.54) is 95.2 Å². The average molecular weight is 333 g/mol. The number of alkyl halides is 1. The van der Waals surface area contributed by atoms with Crippen LogP contribution in [0.15, 0.2) is 0 Å². The Labute approximate surface area is 129 Å². The molecule has 1 saturated heterocycles. The number of halogens is 1. The van der Waals surface area contributed by atoms with E-state index in [9.17, 15) is 0 Å². The molecule has 1 aliphatic heterocycles. The van der Waals surface area contributed by atoms with Crippen molar-refractivity contribution < 1.29 is 4.74 Å². The molecule has 0 aromatic carbocycles. The number of rotatable bonds is 12. The Hall–Kier alpha value is 0.440. The summed E-state index contributed by atoms with van der Waals surface area (Å²) in [5.74, 6) is 0. The SMILES string of the molecule is BrCCCCCCCCCCCCC1CCCCO1. The van der Waals surface area contributed by atoms with Gasteiger partial charge in [0.1, 0.15) is 0 Å². The molecule has 19 heavy (non-hydrogen) atoms. The van der Waals surface area contributed by atoms with Crippen LogP contribution in [0.1, 0.15) is 89.9 Å². The zero-order chi connectivity index (χ0) is 13.6. The molecule has 0 aromatic rings. The lowest BCUT2D eigenvalue weighted by Crippen LogP contribution is -2.18. The highest BCUT2D eigenvalue weighted by atomic mass is 79.9. The van der Waals surface area contributed by atoms with E-state index >= 15 is 0 Å². The van der Waals surface area contributed by atoms with E-state index in [0.717, 1.165) is 6.61 Å². The van der Waals surface area contributed by atoms with Gasteiger partial charge in [-0.1, -0.05) is 73.7 Å². The molecule has 1 heterocycles. The zero-order valence-corrected chi connectivity index (χ0v) is 14.3. The van der Waals surface area contributed by atoms with Crippen molar-refractivity contribution in [1.82, 2.24) is 0 Å². The number of unbranched alkanes of at least 4 members (excludes halogenated alkanes) is 9. The third-order valence-corrected chi connectivity index (χ3v) is 4.74. The third-order valence-electron chi connectivity index (χ3n) is 4.18. The highest BCUT2D eigenvalue weighted by molar-refractivity contribution is 9.09. The van der Waals surface area contributed by atoms with Gasteiger partial charge in [0, 0.05) is 11.9 Å². The van der Waals surface area contributed by atoms with Crippen LogP contribution in [-0.4, -0.2) is 18.0 Å². The van der Waals surface area contributed by atoms with Crippen molar-refractivity contribution >= 4 is 15.9 Å². The average Bonchev–Trinajstić information content (AvgIpc) is 2.46. The lowest BCUT2D eigenvalue weighted by atomic mass is 10.0. The molecule has 0 saturated carbocycles. The molecule has 1 rings (SSSR count). The molecule has 0 bridgehead atoms. The predicted molar refractivity (Wildman–Crippen MR) is 88.2 cm³/mol. The molecule has 1 fully saturated rings. The van der Waals surface area contributed by atoms with Gasteiger partial charge in [0.15, 0.2) is 0 Å². The highest BCUT2D eigenvalue weighted by Crippen LogP contribution is 2.19. The predicted octanol–water partition coefficient (Wildman–Crippen LogP) is 6.24. The molecule has 114 valence electrons. The Morgan fingerprint density at radius 3 is 1.84 bits per heavy atom. The summed E-state index contributed by atoms with van der Waals surface area (Å²) in [6, 6.07) is 0. The molecule has 0 N–H and O–H groups in total. The normalized spacial score (nSPS) is 19.7. The van der Waals surface area contributed by atoms with Crippen molar-refractivity contribution in [3.63, 3.8) is 0 Å². The molecule has 0 aromatic heterocycles. The minimum atomic E-state index is 0.600. The first kappa shape index (κ1) is 17.5. The second kappa shape index (κ2) is 13.4. The van der Waals surface area contributed by atoms with E-state index in [-0.39, 0.29) is 0 Å². The van der Waals surface area contributed by atoms with Gasteiger partial charge in [-0.3, -0.25) is 0 Å². The van der Waals surface area contributed by atoms with Gasteiger partial charge in [-0.2, -0.15) is 0 Å². The fraction of sp³-hybridized carbons (Fsp3) is 1.00. The zero-order valence-electron chi connectivity index (χ0n) is 12.7. The minimum absolute atomic E-state index is 0.600.